The maximum atomic E-state index is 12.7. The molecule has 2 N–H and O–H groups in total. The Balaban J connectivity index is 0.000000380. The van der Waals surface area contributed by atoms with Crippen molar-refractivity contribution in [2.24, 2.45) is 11.8 Å². The molecule has 2 aliphatic rings. The first kappa shape index (κ1) is 34.1. The van der Waals surface area contributed by atoms with E-state index in [0.29, 0.717) is 0 Å². The van der Waals surface area contributed by atoms with E-state index in [2.05, 4.69) is 0 Å². The first-order chi connectivity index (χ1) is 17.1. The zero-order valence-electron chi connectivity index (χ0n) is 22.7. The number of hydrogen-bond acceptors (Lipinski definition) is 6. The lowest BCUT2D eigenvalue weighted by molar-refractivity contribution is -0.190. The van der Waals surface area contributed by atoms with Gasteiger partial charge in [0.25, 0.3) is 0 Å². The van der Waals surface area contributed by atoms with Gasteiger partial charge >= 0.3 is 24.5 Å². The van der Waals surface area contributed by atoms with Gasteiger partial charge in [-0.2, -0.15) is 26.3 Å². The van der Waals surface area contributed by atoms with Gasteiger partial charge in [-0.15, -0.1) is 0 Å². The Morgan fingerprint density at radius 2 is 0.947 bits per heavy atom. The van der Waals surface area contributed by atoms with E-state index in [1.807, 2.05) is 0 Å². The lowest BCUT2D eigenvalue weighted by Crippen LogP contribution is -2.52. The number of alkyl halides is 6. The molecule has 8 nitrogen and oxygen atoms in total. The molecule has 0 saturated carbocycles. The number of carbonyl (C=O) groups is 2. The van der Waals surface area contributed by atoms with Crippen LogP contribution in [0.25, 0.3) is 0 Å². The van der Waals surface area contributed by atoms with E-state index in [1.165, 1.54) is 0 Å². The number of likely N-dealkylation sites (tertiary alicyclic amines) is 2. The van der Waals surface area contributed by atoms with Crippen LogP contribution in [0.1, 0.15) is 67.2 Å². The van der Waals surface area contributed by atoms with Gasteiger partial charge < -0.3 is 29.5 Å². The summed E-state index contributed by atoms with van der Waals surface area (Å²) in [5, 5.41) is 18.3. The Bertz CT molecular complexity index is 714. The summed E-state index contributed by atoms with van der Waals surface area (Å²) < 4.78 is 86.4. The fourth-order valence-corrected chi connectivity index (χ4v) is 4.06. The lowest BCUT2D eigenvalue weighted by atomic mass is 9.93. The van der Waals surface area contributed by atoms with Crippen LogP contribution in [-0.4, -0.2) is 94.1 Å². The Morgan fingerprint density at radius 3 is 1.16 bits per heavy atom. The third-order valence-corrected chi connectivity index (χ3v) is 6.02. The van der Waals surface area contributed by atoms with E-state index in [4.69, 9.17) is 19.7 Å². The van der Waals surface area contributed by atoms with E-state index in [-0.39, 0.29) is 38.9 Å². The fraction of sp³-hybridized carbons (Fsp3) is 0.917. The number of halogens is 6. The molecule has 0 radical (unpaired) electrons. The molecule has 0 aromatic heterocycles. The summed E-state index contributed by atoms with van der Waals surface area (Å²) in [4.78, 5) is 25.7. The molecule has 2 saturated heterocycles. The van der Waals surface area contributed by atoms with Crippen LogP contribution in [0.15, 0.2) is 0 Å². The third-order valence-electron chi connectivity index (χ3n) is 6.02. The largest absolute Gasteiger partial charge is 0.444 e. The maximum absolute atomic E-state index is 12.7. The number of aliphatic hydroxyl groups excluding tert-OH is 2. The molecule has 2 rings (SSSR count). The minimum Gasteiger partial charge on any atom is -0.444 e. The van der Waals surface area contributed by atoms with E-state index < -0.39 is 72.8 Å². The molecule has 2 heterocycles. The Kier molecular flexibility index (Phi) is 11.6. The van der Waals surface area contributed by atoms with Gasteiger partial charge in [0.2, 0.25) is 0 Å². The van der Waals surface area contributed by atoms with Crippen molar-refractivity contribution in [3.63, 3.8) is 0 Å². The second-order valence-electron chi connectivity index (χ2n) is 11.6. The highest BCUT2D eigenvalue weighted by atomic mass is 19.4. The predicted octanol–water partition coefficient (Wildman–Crippen LogP) is 5.11. The third kappa shape index (κ3) is 11.0. The molecule has 4 atom stereocenters. The van der Waals surface area contributed by atoms with E-state index in [9.17, 15) is 35.9 Å². The van der Waals surface area contributed by atoms with Gasteiger partial charge in [-0.25, -0.2) is 9.59 Å². The van der Waals surface area contributed by atoms with Crippen molar-refractivity contribution < 1.29 is 55.6 Å². The highest BCUT2D eigenvalue weighted by Crippen LogP contribution is 2.36. The average Bonchev–Trinajstić information content (AvgIpc) is 2.75. The molecule has 0 aliphatic carbocycles. The van der Waals surface area contributed by atoms with Crippen LogP contribution >= 0.6 is 0 Å². The molecule has 0 aromatic rings. The zero-order chi connectivity index (χ0) is 29.7. The normalized spacial score (nSPS) is 25.3. The summed E-state index contributed by atoms with van der Waals surface area (Å²) in [6.45, 7) is 8.23. The second kappa shape index (κ2) is 12.9. The zero-order valence-corrected chi connectivity index (χ0v) is 22.7. The van der Waals surface area contributed by atoms with Crippen LogP contribution in [0.5, 0.6) is 0 Å². The minimum atomic E-state index is -4.33. The van der Waals surface area contributed by atoms with Crippen LogP contribution in [0.4, 0.5) is 35.9 Å². The van der Waals surface area contributed by atoms with Gasteiger partial charge in [0.15, 0.2) is 0 Å². The van der Waals surface area contributed by atoms with Crippen molar-refractivity contribution in [1.82, 2.24) is 9.80 Å². The number of amides is 2. The summed E-state index contributed by atoms with van der Waals surface area (Å²) in [5.74, 6) is -3.11. The second-order valence-corrected chi connectivity index (χ2v) is 11.6. The molecule has 2 amide bonds. The maximum Gasteiger partial charge on any atom is 0.410 e. The topological polar surface area (TPSA) is 99.5 Å². The van der Waals surface area contributed by atoms with Crippen LogP contribution in [0.3, 0.4) is 0 Å². The van der Waals surface area contributed by atoms with Gasteiger partial charge in [-0.3, -0.25) is 0 Å². The fourth-order valence-electron chi connectivity index (χ4n) is 4.06. The first-order valence-corrected chi connectivity index (χ1v) is 12.4. The summed E-state index contributed by atoms with van der Waals surface area (Å²) >= 11 is 0. The molecule has 2 aliphatic heterocycles. The van der Waals surface area contributed by atoms with Gasteiger partial charge in [0, 0.05) is 13.1 Å². The number of carbonyl (C=O) groups excluding carboxylic acids is 2. The number of nitrogens with zero attached hydrogens (tertiary/aromatic N) is 2. The van der Waals surface area contributed by atoms with Crippen LogP contribution in [0.2, 0.25) is 0 Å². The molecule has 14 heteroatoms. The van der Waals surface area contributed by atoms with Crippen LogP contribution in [0, 0.1) is 11.8 Å². The monoisotopic (exact) mass is 566 g/mol. The van der Waals surface area contributed by atoms with Crippen molar-refractivity contribution >= 4 is 12.2 Å². The average molecular weight is 567 g/mol. The van der Waals surface area contributed by atoms with E-state index in [0.717, 1.165) is 9.80 Å². The van der Waals surface area contributed by atoms with Gasteiger partial charge in [-0.05, 0) is 67.2 Å². The van der Waals surface area contributed by atoms with Gasteiger partial charge in [0.1, 0.15) is 11.2 Å². The molecule has 2 fully saturated rings. The smallest absolute Gasteiger partial charge is 0.410 e. The number of piperidine rings is 2. The van der Waals surface area contributed by atoms with Crippen molar-refractivity contribution in [3.8, 4) is 0 Å². The minimum absolute atomic E-state index is 0.0754. The van der Waals surface area contributed by atoms with Gasteiger partial charge in [0.05, 0.1) is 37.1 Å². The predicted molar refractivity (Wildman–Crippen MR) is 125 cm³/mol. The Hall–Kier alpha value is -1.96. The first-order valence-electron chi connectivity index (χ1n) is 12.4. The van der Waals surface area contributed by atoms with Crippen molar-refractivity contribution in [1.29, 1.82) is 0 Å². The number of hydrogen-bond donors (Lipinski definition) is 2. The molecular formula is C24H40F6N2O6. The number of aliphatic hydroxyl groups is 2. The Morgan fingerprint density at radius 1 is 0.658 bits per heavy atom. The van der Waals surface area contributed by atoms with Crippen molar-refractivity contribution in [2.75, 3.05) is 26.3 Å². The summed E-state index contributed by atoms with van der Waals surface area (Å²) in [6.07, 6.45) is -10.2. The van der Waals surface area contributed by atoms with Crippen LogP contribution < -0.4 is 0 Å². The van der Waals surface area contributed by atoms with E-state index >= 15 is 0 Å². The number of ether oxygens (including phenoxy) is 2. The highest BCUT2D eigenvalue weighted by molar-refractivity contribution is 5.69. The SMILES string of the molecule is CC(C)(C)OC(=O)N1C[C@@H](C(F)(F)F)CC[C@H]1CO.CC(C)(C)OC(=O)N1C[C@H](C(F)(F)F)CC[C@@H]1CO. The Labute approximate surface area is 219 Å². The molecule has 0 bridgehead atoms. The molecular weight excluding hydrogens is 526 g/mol. The molecule has 0 spiro atoms. The van der Waals surface area contributed by atoms with Crippen molar-refractivity contribution in [2.45, 2.75) is 103 Å². The molecule has 224 valence electrons. The molecule has 0 unspecified atom stereocenters. The summed E-state index contributed by atoms with van der Waals surface area (Å²) in [5.41, 5.74) is -1.55. The summed E-state index contributed by atoms with van der Waals surface area (Å²) in [6, 6.07) is -1.21. The quantitative estimate of drug-likeness (QED) is 0.451. The van der Waals surface area contributed by atoms with Crippen molar-refractivity contribution in [3.05, 3.63) is 0 Å². The molecule has 0 aromatic carbocycles. The van der Waals surface area contributed by atoms with Gasteiger partial charge in [-0.1, -0.05) is 0 Å². The molecule has 38 heavy (non-hydrogen) atoms. The highest BCUT2D eigenvalue weighted by Gasteiger charge is 2.47. The number of rotatable bonds is 2. The summed E-state index contributed by atoms with van der Waals surface area (Å²) in [7, 11) is 0. The standard InChI is InChI=1S/2C12H20F3NO3/c2*1-11(2,3)19-10(18)16-6-8(12(13,14)15)4-5-9(16)7-17/h2*8-9,17H,4-7H2,1-3H3/t2*8-,9-/m10/s1. The van der Waals surface area contributed by atoms with Crippen LogP contribution in [-0.2, 0) is 9.47 Å². The lowest BCUT2D eigenvalue weighted by Gasteiger charge is -2.39. The van der Waals surface area contributed by atoms with E-state index in [1.54, 1.807) is 41.5 Å².